The van der Waals surface area contributed by atoms with E-state index in [1.807, 2.05) is 0 Å². The van der Waals surface area contributed by atoms with Crippen LogP contribution in [-0.4, -0.2) is 26.8 Å². The largest absolute Gasteiger partial charge is 0.508 e. The van der Waals surface area contributed by atoms with Crippen molar-refractivity contribution in [3.05, 3.63) is 47.4 Å². The molecule has 0 radical (unpaired) electrons. The van der Waals surface area contributed by atoms with E-state index in [9.17, 15) is 9.90 Å². The first-order valence-corrected chi connectivity index (χ1v) is 6.49. The molecule has 1 aliphatic heterocycles. The zero-order valence-electron chi connectivity index (χ0n) is 9.50. The summed E-state index contributed by atoms with van der Waals surface area (Å²) in [7, 11) is 0. The van der Waals surface area contributed by atoms with Gasteiger partial charge in [0, 0.05) is 6.54 Å². The average molecular weight is 277 g/mol. The third-order valence-corrected chi connectivity index (χ3v) is 3.75. The molecule has 3 nitrogen and oxygen atoms in total. The maximum atomic E-state index is 12.0. The molecule has 1 amide bonds. The number of hydrogen-bond acceptors (Lipinski definition) is 4. The lowest BCUT2D eigenvalue weighted by atomic mass is 10.2. The Labute approximate surface area is 115 Å². The number of carbonyl (C=O) groups excluding carboxylic acids is 1. The molecule has 92 valence electrons. The summed E-state index contributed by atoms with van der Waals surface area (Å²) in [6, 6.07) is 6.65. The molecule has 0 aromatic heterocycles. The highest BCUT2D eigenvalue weighted by Gasteiger charge is 2.30. The Bertz CT molecular complexity index is 534. The minimum atomic E-state index is -0.0991. The minimum absolute atomic E-state index is 0.0991. The molecule has 0 unspecified atom stereocenters. The van der Waals surface area contributed by atoms with Crippen molar-refractivity contribution < 1.29 is 9.90 Å². The quantitative estimate of drug-likeness (QED) is 0.524. The summed E-state index contributed by atoms with van der Waals surface area (Å²) in [5, 5.41) is 9.19. The fourth-order valence-corrected chi connectivity index (χ4v) is 2.78. The van der Waals surface area contributed by atoms with E-state index < -0.39 is 0 Å². The molecule has 0 aliphatic carbocycles. The van der Waals surface area contributed by atoms with Crippen molar-refractivity contribution in [2.75, 3.05) is 6.54 Å². The highest BCUT2D eigenvalue weighted by atomic mass is 32.2. The molecular formula is C13H11NO2S2. The van der Waals surface area contributed by atoms with Crippen LogP contribution in [0.4, 0.5) is 0 Å². The van der Waals surface area contributed by atoms with Gasteiger partial charge in [-0.25, -0.2) is 0 Å². The first-order chi connectivity index (χ1) is 8.61. The Balaban J connectivity index is 2.24. The van der Waals surface area contributed by atoms with E-state index in [1.165, 1.54) is 16.7 Å². The lowest BCUT2D eigenvalue weighted by molar-refractivity contribution is -0.121. The van der Waals surface area contributed by atoms with Crippen LogP contribution in [0.25, 0.3) is 6.08 Å². The smallest absolute Gasteiger partial charge is 0.266 e. The normalized spacial score (nSPS) is 17.6. The number of thioether (sulfide) groups is 1. The van der Waals surface area contributed by atoms with Crippen LogP contribution in [0, 0.1) is 0 Å². The van der Waals surface area contributed by atoms with Gasteiger partial charge in [0.15, 0.2) is 0 Å². The van der Waals surface area contributed by atoms with Crippen LogP contribution in [0.2, 0.25) is 0 Å². The molecule has 1 aromatic rings. The van der Waals surface area contributed by atoms with Gasteiger partial charge >= 0.3 is 0 Å². The van der Waals surface area contributed by atoms with Crippen LogP contribution in [0.15, 0.2) is 41.8 Å². The Hall–Kier alpha value is -1.59. The molecule has 1 aromatic carbocycles. The lowest BCUT2D eigenvalue weighted by Gasteiger charge is -2.10. The second kappa shape index (κ2) is 5.37. The predicted molar refractivity (Wildman–Crippen MR) is 78.2 cm³/mol. The van der Waals surface area contributed by atoms with Crippen LogP contribution >= 0.6 is 24.0 Å². The zero-order chi connectivity index (χ0) is 13.1. The highest BCUT2D eigenvalue weighted by molar-refractivity contribution is 8.26. The molecule has 0 atom stereocenters. The van der Waals surface area contributed by atoms with E-state index in [0.717, 1.165) is 5.56 Å². The molecule has 0 spiro atoms. The van der Waals surface area contributed by atoms with Crippen LogP contribution in [0.1, 0.15) is 5.56 Å². The molecule has 1 heterocycles. The van der Waals surface area contributed by atoms with Gasteiger partial charge in [-0.2, -0.15) is 0 Å². The van der Waals surface area contributed by atoms with Crippen molar-refractivity contribution in [1.29, 1.82) is 0 Å². The van der Waals surface area contributed by atoms with Gasteiger partial charge in [0.05, 0.1) is 4.91 Å². The van der Waals surface area contributed by atoms with Gasteiger partial charge in [0.25, 0.3) is 5.91 Å². The monoisotopic (exact) mass is 277 g/mol. The van der Waals surface area contributed by atoms with E-state index in [1.54, 1.807) is 36.4 Å². The van der Waals surface area contributed by atoms with Gasteiger partial charge < -0.3 is 5.11 Å². The zero-order valence-corrected chi connectivity index (χ0v) is 11.1. The summed E-state index contributed by atoms with van der Waals surface area (Å²) in [6.45, 7) is 4.03. The van der Waals surface area contributed by atoms with Crippen LogP contribution in [0.5, 0.6) is 5.75 Å². The number of amides is 1. The second-order valence-corrected chi connectivity index (χ2v) is 5.35. The Kier molecular flexibility index (Phi) is 3.84. The fourth-order valence-electron chi connectivity index (χ4n) is 1.51. The van der Waals surface area contributed by atoms with Gasteiger partial charge in [0.1, 0.15) is 10.1 Å². The summed E-state index contributed by atoms with van der Waals surface area (Å²) in [5.74, 6) is 0.101. The van der Waals surface area contributed by atoms with Crippen LogP contribution < -0.4 is 0 Å². The molecule has 5 heteroatoms. The Morgan fingerprint density at radius 1 is 1.39 bits per heavy atom. The first kappa shape index (κ1) is 12.9. The molecule has 2 rings (SSSR count). The number of thiocarbonyl (C=S) groups is 1. The summed E-state index contributed by atoms with van der Waals surface area (Å²) in [4.78, 5) is 14.1. The fraction of sp³-hybridized carbons (Fsp3) is 0.0769. The number of aromatic hydroxyl groups is 1. The number of rotatable bonds is 3. The first-order valence-electron chi connectivity index (χ1n) is 5.27. The van der Waals surface area contributed by atoms with Crippen molar-refractivity contribution >= 4 is 40.3 Å². The van der Waals surface area contributed by atoms with Crippen molar-refractivity contribution in [1.82, 2.24) is 4.90 Å². The summed E-state index contributed by atoms with van der Waals surface area (Å²) >= 11 is 6.42. The molecule has 1 saturated heterocycles. The summed E-state index contributed by atoms with van der Waals surface area (Å²) in [6.07, 6.45) is 3.41. The Morgan fingerprint density at radius 2 is 2.06 bits per heavy atom. The molecule has 0 saturated carbocycles. The standard InChI is InChI=1S/C13H11NO2S2/c1-2-7-14-12(16)11(18-13(14)17)8-9-3-5-10(15)6-4-9/h2-6,8,15H,1,7H2/b11-8-. The van der Waals surface area contributed by atoms with Gasteiger partial charge in [-0.05, 0) is 23.8 Å². The van der Waals surface area contributed by atoms with Crippen LogP contribution in [0.3, 0.4) is 0 Å². The van der Waals surface area contributed by atoms with Gasteiger partial charge in [-0.1, -0.05) is 42.2 Å². The number of phenols is 1. The topological polar surface area (TPSA) is 40.5 Å². The van der Waals surface area contributed by atoms with Crippen LogP contribution in [-0.2, 0) is 4.79 Å². The second-order valence-electron chi connectivity index (χ2n) is 3.67. The number of nitrogens with zero attached hydrogens (tertiary/aromatic N) is 1. The van der Waals surface area contributed by atoms with Crippen molar-refractivity contribution in [3.8, 4) is 5.75 Å². The van der Waals surface area contributed by atoms with E-state index >= 15 is 0 Å². The molecule has 1 fully saturated rings. The molecule has 0 bridgehead atoms. The maximum Gasteiger partial charge on any atom is 0.266 e. The number of hydrogen-bond donors (Lipinski definition) is 1. The van der Waals surface area contributed by atoms with Crippen molar-refractivity contribution in [2.24, 2.45) is 0 Å². The molecule has 18 heavy (non-hydrogen) atoms. The van der Waals surface area contributed by atoms with E-state index in [4.69, 9.17) is 12.2 Å². The maximum absolute atomic E-state index is 12.0. The number of benzene rings is 1. The lowest BCUT2D eigenvalue weighted by Crippen LogP contribution is -2.27. The third-order valence-electron chi connectivity index (χ3n) is 2.38. The average Bonchev–Trinajstić information content (AvgIpc) is 2.60. The Morgan fingerprint density at radius 3 is 2.67 bits per heavy atom. The van der Waals surface area contributed by atoms with Crippen molar-refractivity contribution in [2.45, 2.75) is 0 Å². The highest BCUT2D eigenvalue weighted by Crippen LogP contribution is 2.32. The predicted octanol–water partition coefficient (Wildman–Crippen LogP) is 2.78. The third kappa shape index (κ3) is 2.63. The van der Waals surface area contributed by atoms with Crippen molar-refractivity contribution in [3.63, 3.8) is 0 Å². The summed E-state index contributed by atoms with van der Waals surface area (Å²) in [5.41, 5.74) is 0.854. The van der Waals surface area contributed by atoms with E-state index in [2.05, 4.69) is 6.58 Å². The van der Waals surface area contributed by atoms with E-state index in [0.29, 0.717) is 15.8 Å². The van der Waals surface area contributed by atoms with Gasteiger partial charge in [-0.3, -0.25) is 9.69 Å². The molecule has 1 aliphatic rings. The number of phenolic OH excluding ortho intramolecular Hbond substituents is 1. The summed E-state index contributed by atoms with van der Waals surface area (Å²) < 4.78 is 0.546. The number of carbonyl (C=O) groups is 1. The van der Waals surface area contributed by atoms with E-state index in [-0.39, 0.29) is 11.7 Å². The SMILES string of the molecule is C=CCN1C(=O)/C(=C/c2ccc(O)cc2)SC1=S. The van der Waals surface area contributed by atoms with Gasteiger partial charge in [0.2, 0.25) is 0 Å². The minimum Gasteiger partial charge on any atom is -0.508 e. The van der Waals surface area contributed by atoms with Gasteiger partial charge in [-0.15, -0.1) is 6.58 Å². The molecule has 1 N–H and O–H groups in total. The molecular weight excluding hydrogens is 266 g/mol.